The number of hydrogen-bond donors (Lipinski definition) is 3. The van der Waals surface area contributed by atoms with E-state index in [-0.39, 0.29) is 0 Å². The second-order valence-electron chi connectivity index (χ2n) is 5.96. The van der Waals surface area contributed by atoms with Crippen molar-refractivity contribution in [3.8, 4) is 0 Å². The van der Waals surface area contributed by atoms with E-state index in [1.165, 1.54) is 0 Å². The molecule has 0 spiro atoms. The lowest BCUT2D eigenvalue weighted by atomic mass is 10.0. The Morgan fingerprint density at radius 2 is 1.59 bits per heavy atom. The quantitative estimate of drug-likeness (QED) is 0.742. The van der Waals surface area contributed by atoms with Crippen LogP contribution in [-0.4, -0.2) is 54.6 Å². The number of ether oxygens (including phenoxy) is 1. The van der Waals surface area contributed by atoms with Gasteiger partial charge in [0.1, 0.15) is 0 Å². The van der Waals surface area contributed by atoms with Crippen molar-refractivity contribution in [2.75, 3.05) is 45.1 Å². The second kappa shape index (κ2) is 6.54. The Kier molecular flexibility index (Phi) is 4.67. The summed E-state index contributed by atoms with van der Waals surface area (Å²) in [5.41, 5.74) is 6.39. The predicted octanol–water partition coefficient (Wildman–Crippen LogP) is 2.02. The molecule has 0 saturated carbocycles. The zero-order valence-electron chi connectivity index (χ0n) is 12.8. The Balaban J connectivity index is 1.63. The molecule has 0 amide bonds. The van der Waals surface area contributed by atoms with Crippen molar-refractivity contribution in [3.63, 3.8) is 0 Å². The van der Waals surface area contributed by atoms with Gasteiger partial charge in [-0.3, -0.25) is 14.5 Å². The van der Waals surface area contributed by atoms with Gasteiger partial charge in [0.05, 0.1) is 13.2 Å². The van der Waals surface area contributed by atoms with Crippen molar-refractivity contribution >= 4 is 15.5 Å². The maximum Gasteiger partial charge on any atom is 0.0594 e. The molecule has 7 heteroatoms. The van der Waals surface area contributed by atoms with Gasteiger partial charge in [0.25, 0.3) is 0 Å². The molecule has 122 valence electrons. The maximum atomic E-state index is 8.54. The number of benzene rings is 1. The number of nitrogens with two attached hydrogens (primary N) is 1. The highest BCUT2D eigenvalue weighted by atomic mass is 32.2. The topological polar surface area (TPSA) is 89.4 Å². The summed E-state index contributed by atoms with van der Waals surface area (Å²) in [5, 5.41) is 0. The van der Waals surface area contributed by atoms with Gasteiger partial charge in [0.2, 0.25) is 0 Å². The molecule has 2 fully saturated rings. The lowest BCUT2D eigenvalue weighted by Crippen LogP contribution is -2.49. The van der Waals surface area contributed by atoms with E-state index in [0.29, 0.717) is 11.7 Å². The number of rotatable bonds is 3. The molecule has 3 rings (SSSR count). The van der Waals surface area contributed by atoms with Crippen LogP contribution in [0.15, 0.2) is 29.2 Å². The SMILES string of the molecule is N=S(=N)(c1ccc(N)cc1)N1CCC(N2CCOCC2)CC1. The largest absolute Gasteiger partial charge is 0.399 e. The van der Waals surface area contributed by atoms with Crippen LogP contribution in [0.25, 0.3) is 0 Å². The van der Waals surface area contributed by atoms with E-state index in [1.54, 1.807) is 12.1 Å². The van der Waals surface area contributed by atoms with Crippen LogP contribution < -0.4 is 5.73 Å². The van der Waals surface area contributed by atoms with Crippen LogP contribution in [0.2, 0.25) is 0 Å². The zero-order valence-corrected chi connectivity index (χ0v) is 13.6. The van der Waals surface area contributed by atoms with E-state index in [9.17, 15) is 0 Å². The molecule has 0 radical (unpaired) electrons. The summed E-state index contributed by atoms with van der Waals surface area (Å²) >= 11 is 0. The molecule has 0 bridgehead atoms. The molecule has 2 heterocycles. The molecule has 6 nitrogen and oxygen atoms in total. The van der Waals surface area contributed by atoms with Gasteiger partial charge in [0.15, 0.2) is 0 Å². The summed E-state index contributed by atoms with van der Waals surface area (Å²) in [6.45, 7) is 5.35. The van der Waals surface area contributed by atoms with Crippen LogP contribution >= 0.6 is 0 Å². The number of morpholine rings is 1. The molecule has 4 N–H and O–H groups in total. The third kappa shape index (κ3) is 3.27. The first-order chi connectivity index (χ1) is 10.6. The van der Waals surface area contributed by atoms with E-state index in [2.05, 4.69) is 4.90 Å². The van der Waals surface area contributed by atoms with Crippen LogP contribution in [0.5, 0.6) is 0 Å². The molecule has 0 atom stereocenters. The number of nitrogens with one attached hydrogen (secondary N) is 2. The van der Waals surface area contributed by atoms with Crippen LogP contribution in [0.3, 0.4) is 0 Å². The summed E-state index contributed by atoms with van der Waals surface area (Å²) in [5.74, 6) is 0. The first-order valence-electron chi connectivity index (χ1n) is 7.82. The smallest absolute Gasteiger partial charge is 0.0594 e. The third-order valence-corrected chi connectivity index (χ3v) is 6.69. The van der Waals surface area contributed by atoms with Gasteiger partial charge in [-0.25, -0.2) is 4.31 Å². The fourth-order valence-corrected chi connectivity index (χ4v) is 4.82. The molecule has 1 aromatic carbocycles. The fraction of sp³-hybridized carbons (Fsp3) is 0.600. The van der Waals surface area contributed by atoms with E-state index in [4.69, 9.17) is 20.0 Å². The molecule has 2 aliphatic rings. The molecule has 2 saturated heterocycles. The molecule has 0 aliphatic carbocycles. The molecule has 22 heavy (non-hydrogen) atoms. The van der Waals surface area contributed by atoms with E-state index in [1.807, 2.05) is 16.4 Å². The third-order valence-electron chi connectivity index (χ3n) is 4.59. The minimum absolute atomic E-state index is 0.585. The number of nitrogens with zero attached hydrogens (tertiary/aromatic N) is 2. The Morgan fingerprint density at radius 1 is 1.00 bits per heavy atom. The van der Waals surface area contributed by atoms with E-state index >= 15 is 0 Å². The van der Waals surface area contributed by atoms with Crippen LogP contribution in [0, 0.1) is 9.56 Å². The van der Waals surface area contributed by atoms with Gasteiger partial charge >= 0.3 is 0 Å². The summed E-state index contributed by atoms with van der Waals surface area (Å²) < 4.78 is 24.5. The first kappa shape index (κ1) is 15.7. The normalized spacial score (nSPS) is 22.7. The van der Waals surface area contributed by atoms with Crippen molar-refractivity contribution in [2.45, 2.75) is 23.8 Å². The van der Waals surface area contributed by atoms with Crippen molar-refractivity contribution in [2.24, 2.45) is 0 Å². The number of anilines is 1. The Bertz CT molecular complexity index is 587. The van der Waals surface area contributed by atoms with Crippen LogP contribution in [-0.2, 0) is 14.5 Å². The van der Waals surface area contributed by atoms with Gasteiger partial charge in [0, 0.05) is 52.6 Å². The lowest BCUT2D eigenvalue weighted by Gasteiger charge is -2.41. The highest BCUT2D eigenvalue weighted by Gasteiger charge is 2.28. The average Bonchev–Trinajstić information content (AvgIpc) is 2.56. The molecular weight excluding hydrogens is 298 g/mol. The zero-order chi connectivity index (χ0) is 15.6. The number of nitrogen functional groups attached to an aromatic ring is 1. The molecular formula is C15H25N5OS. The van der Waals surface area contributed by atoms with Gasteiger partial charge in [-0.1, -0.05) is 0 Å². The summed E-state index contributed by atoms with van der Waals surface area (Å²) in [6, 6.07) is 7.83. The van der Waals surface area contributed by atoms with Gasteiger partial charge < -0.3 is 10.5 Å². The van der Waals surface area contributed by atoms with E-state index < -0.39 is 9.81 Å². The minimum Gasteiger partial charge on any atom is -0.399 e. The van der Waals surface area contributed by atoms with Crippen molar-refractivity contribution < 1.29 is 4.74 Å². The fourth-order valence-electron chi connectivity index (χ4n) is 3.24. The standard InChI is InChI=1S/C15H25N5OS/c16-13-1-3-15(4-2-13)22(17,18)20-7-5-14(6-8-20)19-9-11-21-12-10-19/h1-4,14,17-18H,5-12,16H2. The van der Waals surface area contributed by atoms with Crippen molar-refractivity contribution in [1.29, 1.82) is 9.56 Å². The van der Waals surface area contributed by atoms with Crippen LogP contribution in [0.4, 0.5) is 5.69 Å². The van der Waals surface area contributed by atoms with Gasteiger partial charge in [-0.2, -0.15) is 0 Å². The summed E-state index contributed by atoms with van der Waals surface area (Å²) in [4.78, 5) is 3.28. The molecule has 0 unspecified atom stereocenters. The lowest BCUT2D eigenvalue weighted by molar-refractivity contribution is 0.00636. The van der Waals surface area contributed by atoms with Gasteiger partial charge in [-0.05, 0) is 37.1 Å². The monoisotopic (exact) mass is 323 g/mol. The Hall–Kier alpha value is -1.15. The molecule has 0 aromatic heterocycles. The van der Waals surface area contributed by atoms with Crippen LogP contribution in [0.1, 0.15) is 12.8 Å². The van der Waals surface area contributed by atoms with Gasteiger partial charge in [-0.15, -0.1) is 0 Å². The summed E-state index contributed by atoms with van der Waals surface area (Å²) in [6.07, 6.45) is 2.09. The first-order valence-corrected chi connectivity index (χ1v) is 9.41. The predicted molar refractivity (Wildman–Crippen MR) is 88.9 cm³/mol. The Labute approximate surface area is 132 Å². The second-order valence-corrected chi connectivity index (χ2v) is 8.11. The number of piperidine rings is 1. The average molecular weight is 323 g/mol. The minimum atomic E-state index is -2.40. The molecule has 1 aromatic rings. The molecule has 2 aliphatic heterocycles. The highest BCUT2D eigenvalue weighted by molar-refractivity contribution is 7.91. The number of hydrogen-bond acceptors (Lipinski definition) is 5. The van der Waals surface area contributed by atoms with Crippen molar-refractivity contribution in [3.05, 3.63) is 24.3 Å². The Morgan fingerprint density at radius 3 is 2.18 bits per heavy atom. The van der Waals surface area contributed by atoms with E-state index in [0.717, 1.165) is 57.1 Å². The summed E-state index contributed by atoms with van der Waals surface area (Å²) in [7, 11) is -2.40. The van der Waals surface area contributed by atoms with Crippen molar-refractivity contribution in [1.82, 2.24) is 9.21 Å². The maximum absolute atomic E-state index is 8.54. The highest BCUT2D eigenvalue weighted by Crippen LogP contribution is 2.25.